The van der Waals surface area contributed by atoms with Gasteiger partial charge in [0.25, 0.3) is 5.91 Å². The van der Waals surface area contributed by atoms with Crippen LogP contribution >= 0.6 is 0 Å². The third-order valence-electron chi connectivity index (χ3n) is 5.20. The van der Waals surface area contributed by atoms with E-state index in [1.54, 1.807) is 13.0 Å². The predicted molar refractivity (Wildman–Crippen MR) is 102 cm³/mol. The average Bonchev–Trinajstić information content (AvgIpc) is 3.30. The summed E-state index contributed by atoms with van der Waals surface area (Å²) >= 11 is 0. The molecule has 1 amide bonds. The first-order valence-electron chi connectivity index (χ1n) is 9.13. The summed E-state index contributed by atoms with van der Waals surface area (Å²) in [4.78, 5) is 33.7. The van der Waals surface area contributed by atoms with Gasteiger partial charge in [-0.15, -0.1) is 0 Å². The van der Waals surface area contributed by atoms with Gasteiger partial charge < -0.3 is 20.0 Å². The number of rotatable bonds is 5. The summed E-state index contributed by atoms with van der Waals surface area (Å²) in [5, 5.41) is 0.977. The molecule has 0 unspecified atom stereocenters. The number of nitrogens with zero attached hydrogens (tertiary/aromatic N) is 2. The summed E-state index contributed by atoms with van der Waals surface area (Å²) in [6, 6.07) is 5.68. The molecule has 1 aliphatic rings. The van der Waals surface area contributed by atoms with Crippen LogP contribution in [-0.2, 0) is 0 Å². The highest BCUT2D eigenvalue weighted by molar-refractivity contribution is 6.08. The standard InChI is InChI=1S/C20H22N4O3/c1-12-23-16(11-27-12)18(25)9-13-3-2-8-24(10-13)17-5-4-15(20(21)26)19-14(17)6-7-22-19/h4-7,11,13,22H,2-3,8-10H2,1H3,(H2,21,26)/t13-/m0/s1. The molecule has 3 N–H and O–H groups in total. The number of oxazole rings is 1. The van der Waals surface area contributed by atoms with Crippen molar-refractivity contribution in [1.82, 2.24) is 9.97 Å². The van der Waals surface area contributed by atoms with Gasteiger partial charge >= 0.3 is 0 Å². The Morgan fingerprint density at radius 2 is 2.22 bits per heavy atom. The Hall–Kier alpha value is -3.09. The maximum atomic E-state index is 12.5. The molecule has 7 heteroatoms. The second-order valence-electron chi connectivity index (χ2n) is 7.10. The number of Topliss-reactive ketones (excluding diaryl/α,β-unsaturated/α-hetero) is 1. The summed E-state index contributed by atoms with van der Waals surface area (Å²) in [6.45, 7) is 3.44. The lowest BCUT2D eigenvalue weighted by Crippen LogP contribution is -2.36. The van der Waals surface area contributed by atoms with Gasteiger partial charge in [0.2, 0.25) is 0 Å². The number of benzene rings is 1. The number of H-pyrrole nitrogens is 1. The van der Waals surface area contributed by atoms with E-state index in [1.165, 1.54) is 6.26 Å². The molecular formula is C20H22N4O3. The fourth-order valence-electron chi connectivity index (χ4n) is 3.93. The van der Waals surface area contributed by atoms with E-state index in [9.17, 15) is 9.59 Å². The van der Waals surface area contributed by atoms with E-state index >= 15 is 0 Å². The van der Waals surface area contributed by atoms with Crippen molar-refractivity contribution in [2.75, 3.05) is 18.0 Å². The highest BCUT2D eigenvalue weighted by Crippen LogP contribution is 2.32. The molecular weight excluding hydrogens is 344 g/mol. The second-order valence-corrected chi connectivity index (χ2v) is 7.10. The Bertz CT molecular complexity index is 1000. The van der Waals surface area contributed by atoms with Crippen LogP contribution in [0.2, 0.25) is 0 Å². The number of aromatic amines is 1. The zero-order valence-electron chi connectivity index (χ0n) is 15.2. The number of ketones is 1. The number of hydrogen-bond donors (Lipinski definition) is 2. The number of piperidine rings is 1. The van der Waals surface area contributed by atoms with Crippen molar-refractivity contribution >= 4 is 28.3 Å². The first kappa shape index (κ1) is 17.3. The molecule has 2 aromatic heterocycles. The van der Waals surface area contributed by atoms with Crippen LogP contribution in [0.1, 0.15) is 46.0 Å². The van der Waals surface area contributed by atoms with Gasteiger partial charge in [0.1, 0.15) is 12.0 Å². The molecule has 3 heterocycles. The van der Waals surface area contributed by atoms with E-state index in [0.717, 1.165) is 42.5 Å². The van der Waals surface area contributed by atoms with Crippen LogP contribution in [0.3, 0.4) is 0 Å². The maximum Gasteiger partial charge on any atom is 0.250 e. The van der Waals surface area contributed by atoms with Gasteiger partial charge in [-0.1, -0.05) is 0 Å². The quantitative estimate of drug-likeness (QED) is 0.675. The van der Waals surface area contributed by atoms with Gasteiger partial charge in [-0.2, -0.15) is 0 Å². The van der Waals surface area contributed by atoms with E-state index in [4.69, 9.17) is 10.2 Å². The van der Waals surface area contributed by atoms with Crippen molar-refractivity contribution in [3.63, 3.8) is 0 Å². The summed E-state index contributed by atoms with van der Waals surface area (Å²) in [6.07, 6.45) is 5.73. The molecule has 0 bridgehead atoms. The van der Waals surface area contributed by atoms with Gasteiger partial charge in [0.05, 0.1) is 11.1 Å². The van der Waals surface area contributed by atoms with E-state index in [-0.39, 0.29) is 11.7 Å². The molecule has 4 rings (SSSR count). The van der Waals surface area contributed by atoms with Crippen LogP contribution in [-0.4, -0.2) is 34.7 Å². The molecule has 0 spiro atoms. The minimum absolute atomic E-state index is 0.0227. The number of primary amides is 1. The summed E-state index contributed by atoms with van der Waals surface area (Å²) in [7, 11) is 0. The molecule has 0 radical (unpaired) electrons. The van der Waals surface area contributed by atoms with Crippen molar-refractivity contribution in [2.45, 2.75) is 26.2 Å². The Morgan fingerprint density at radius 1 is 1.37 bits per heavy atom. The molecule has 1 aliphatic heterocycles. The highest BCUT2D eigenvalue weighted by Gasteiger charge is 2.25. The molecule has 3 aromatic rings. The minimum atomic E-state index is -0.445. The van der Waals surface area contributed by atoms with Gasteiger partial charge in [0, 0.05) is 43.7 Å². The molecule has 27 heavy (non-hydrogen) atoms. The van der Waals surface area contributed by atoms with E-state index < -0.39 is 5.91 Å². The number of fused-ring (bicyclic) bond motifs is 1. The number of amides is 1. The van der Waals surface area contributed by atoms with E-state index in [1.807, 2.05) is 18.3 Å². The number of nitrogens with one attached hydrogen (secondary N) is 1. The van der Waals surface area contributed by atoms with Gasteiger partial charge in [-0.25, -0.2) is 4.98 Å². The van der Waals surface area contributed by atoms with Gasteiger partial charge in [-0.05, 0) is 37.0 Å². The molecule has 1 saturated heterocycles. The normalized spacial score (nSPS) is 17.4. The van der Waals surface area contributed by atoms with Crippen molar-refractivity contribution in [3.05, 3.63) is 47.8 Å². The fraction of sp³-hybridized carbons (Fsp3) is 0.350. The molecule has 0 saturated carbocycles. The minimum Gasteiger partial charge on any atom is -0.449 e. The first-order chi connectivity index (χ1) is 13.0. The van der Waals surface area contributed by atoms with E-state index in [0.29, 0.717) is 23.6 Å². The Balaban J connectivity index is 1.54. The zero-order valence-corrected chi connectivity index (χ0v) is 15.2. The number of anilines is 1. The van der Waals surface area contributed by atoms with Crippen LogP contribution in [0.15, 0.2) is 35.1 Å². The summed E-state index contributed by atoms with van der Waals surface area (Å²) < 4.78 is 5.15. The van der Waals surface area contributed by atoms with E-state index in [2.05, 4.69) is 14.9 Å². The van der Waals surface area contributed by atoms with Crippen LogP contribution in [0.25, 0.3) is 10.9 Å². The van der Waals surface area contributed by atoms with Crippen LogP contribution in [0, 0.1) is 12.8 Å². The lowest BCUT2D eigenvalue weighted by Gasteiger charge is -2.34. The Kier molecular flexibility index (Phi) is 4.43. The van der Waals surface area contributed by atoms with Crippen molar-refractivity contribution in [1.29, 1.82) is 0 Å². The number of carbonyl (C=O) groups excluding carboxylic acids is 2. The zero-order chi connectivity index (χ0) is 19.0. The summed E-state index contributed by atoms with van der Waals surface area (Å²) in [5.74, 6) is 0.342. The molecule has 7 nitrogen and oxygen atoms in total. The van der Waals surface area contributed by atoms with Gasteiger partial charge in [0.15, 0.2) is 11.7 Å². The number of aryl methyl sites for hydroxylation is 1. The van der Waals surface area contributed by atoms with Crippen molar-refractivity contribution in [3.8, 4) is 0 Å². The largest absolute Gasteiger partial charge is 0.449 e. The lowest BCUT2D eigenvalue weighted by molar-refractivity contribution is 0.0950. The van der Waals surface area contributed by atoms with Crippen molar-refractivity contribution < 1.29 is 14.0 Å². The highest BCUT2D eigenvalue weighted by atomic mass is 16.3. The second kappa shape index (κ2) is 6.90. The van der Waals surface area contributed by atoms with Crippen LogP contribution in [0.5, 0.6) is 0 Å². The average molecular weight is 366 g/mol. The smallest absolute Gasteiger partial charge is 0.250 e. The third-order valence-corrected chi connectivity index (χ3v) is 5.20. The number of carbonyl (C=O) groups is 2. The Morgan fingerprint density at radius 3 is 2.96 bits per heavy atom. The topological polar surface area (TPSA) is 105 Å². The maximum absolute atomic E-state index is 12.5. The molecule has 0 aliphatic carbocycles. The molecule has 1 fully saturated rings. The number of aromatic nitrogens is 2. The fourth-order valence-corrected chi connectivity index (χ4v) is 3.93. The molecule has 1 aromatic carbocycles. The lowest BCUT2D eigenvalue weighted by atomic mass is 9.91. The number of nitrogens with two attached hydrogens (primary N) is 1. The van der Waals surface area contributed by atoms with Crippen LogP contribution in [0.4, 0.5) is 5.69 Å². The van der Waals surface area contributed by atoms with Crippen LogP contribution < -0.4 is 10.6 Å². The number of hydrogen-bond acceptors (Lipinski definition) is 5. The van der Waals surface area contributed by atoms with Crippen molar-refractivity contribution in [2.24, 2.45) is 11.7 Å². The Labute approximate surface area is 156 Å². The monoisotopic (exact) mass is 366 g/mol. The molecule has 140 valence electrons. The van der Waals surface area contributed by atoms with Gasteiger partial charge in [-0.3, -0.25) is 9.59 Å². The third kappa shape index (κ3) is 3.32. The first-order valence-corrected chi connectivity index (χ1v) is 9.13. The molecule has 1 atom stereocenters. The summed E-state index contributed by atoms with van der Waals surface area (Å²) in [5.41, 5.74) is 8.19. The predicted octanol–water partition coefficient (Wildman–Crippen LogP) is 3.05. The SMILES string of the molecule is Cc1nc(C(=O)C[C@@H]2CCCN(c3ccc(C(N)=O)c4[nH]ccc34)C2)co1.